The first-order valence-electron chi connectivity index (χ1n) is 7.62. The van der Waals surface area contributed by atoms with Crippen molar-refractivity contribution in [2.45, 2.75) is 37.0 Å². The Labute approximate surface area is 147 Å². The molecule has 0 spiro atoms. The number of benzene rings is 2. The fourth-order valence-corrected chi connectivity index (χ4v) is 3.80. The highest BCUT2D eigenvalue weighted by molar-refractivity contribution is 7.92. The van der Waals surface area contributed by atoms with Crippen molar-refractivity contribution in [1.29, 1.82) is 0 Å². The molecule has 2 aromatic rings. The van der Waals surface area contributed by atoms with Gasteiger partial charge in [0.15, 0.2) is 9.84 Å². The van der Waals surface area contributed by atoms with Crippen LogP contribution in [0.15, 0.2) is 53.4 Å². The molecular formula is C18H20ClNO3S. The van der Waals surface area contributed by atoms with E-state index >= 15 is 0 Å². The molecule has 0 saturated heterocycles. The van der Waals surface area contributed by atoms with Gasteiger partial charge >= 0.3 is 0 Å². The minimum absolute atomic E-state index is 0.0146. The second-order valence-electron chi connectivity index (χ2n) is 5.84. The van der Waals surface area contributed by atoms with Crippen LogP contribution < -0.4 is 5.32 Å². The van der Waals surface area contributed by atoms with E-state index in [4.69, 9.17) is 11.6 Å². The highest BCUT2D eigenvalue weighted by atomic mass is 35.5. The average Bonchev–Trinajstić information content (AvgIpc) is 2.55. The van der Waals surface area contributed by atoms with Crippen molar-refractivity contribution in [2.75, 3.05) is 0 Å². The number of rotatable bonds is 5. The predicted octanol–water partition coefficient (Wildman–Crippen LogP) is 4.01. The maximum Gasteiger partial charge on any atom is 0.251 e. The molecule has 1 amide bonds. The van der Waals surface area contributed by atoms with Gasteiger partial charge in [0, 0.05) is 5.56 Å². The van der Waals surface area contributed by atoms with Gasteiger partial charge in [0.1, 0.15) is 0 Å². The summed E-state index contributed by atoms with van der Waals surface area (Å²) in [6.45, 7) is 5.03. The molecule has 2 aromatic carbocycles. The van der Waals surface area contributed by atoms with Gasteiger partial charge < -0.3 is 5.32 Å². The first kappa shape index (κ1) is 18.5. The fraction of sp³-hybridized carbons (Fsp3) is 0.278. The van der Waals surface area contributed by atoms with Crippen molar-refractivity contribution in [1.82, 2.24) is 5.32 Å². The van der Waals surface area contributed by atoms with Gasteiger partial charge in [-0.2, -0.15) is 0 Å². The van der Waals surface area contributed by atoms with Crippen molar-refractivity contribution in [2.24, 2.45) is 0 Å². The van der Waals surface area contributed by atoms with Crippen molar-refractivity contribution in [3.63, 3.8) is 0 Å². The summed E-state index contributed by atoms with van der Waals surface area (Å²) in [4.78, 5) is 12.4. The minimum Gasteiger partial charge on any atom is -0.346 e. The molecule has 1 atom stereocenters. The molecule has 0 heterocycles. The summed E-state index contributed by atoms with van der Waals surface area (Å²) in [7, 11) is -3.56. The van der Waals surface area contributed by atoms with E-state index in [1.807, 2.05) is 37.3 Å². The lowest BCUT2D eigenvalue weighted by Crippen LogP contribution is -2.27. The smallest absolute Gasteiger partial charge is 0.251 e. The van der Waals surface area contributed by atoms with Crippen LogP contribution in [0.3, 0.4) is 0 Å². The zero-order valence-electron chi connectivity index (χ0n) is 13.8. The molecule has 4 nitrogen and oxygen atoms in total. The SMILES string of the molecule is CC(C)S(=O)(=O)c1cc(C(=O)N[C@H](C)c2ccccc2)ccc1Cl. The summed E-state index contributed by atoms with van der Waals surface area (Å²) in [5, 5.41) is 2.37. The van der Waals surface area contributed by atoms with Crippen LogP contribution in [0.5, 0.6) is 0 Å². The van der Waals surface area contributed by atoms with Crippen molar-refractivity contribution in [3.05, 3.63) is 64.7 Å². The Morgan fingerprint density at radius 2 is 1.67 bits per heavy atom. The van der Waals surface area contributed by atoms with Crippen LogP contribution in [0.1, 0.15) is 42.7 Å². The van der Waals surface area contributed by atoms with Crippen molar-refractivity contribution in [3.8, 4) is 0 Å². The van der Waals surface area contributed by atoms with Gasteiger partial charge in [0.2, 0.25) is 0 Å². The number of nitrogens with one attached hydrogen (secondary N) is 1. The lowest BCUT2D eigenvalue weighted by molar-refractivity contribution is 0.0939. The minimum atomic E-state index is -3.56. The Bertz CT molecular complexity index is 833. The van der Waals surface area contributed by atoms with Gasteiger partial charge in [0.25, 0.3) is 5.91 Å². The summed E-state index contributed by atoms with van der Waals surface area (Å²) >= 11 is 6.02. The number of sulfone groups is 1. The lowest BCUT2D eigenvalue weighted by atomic mass is 10.1. The highest BCUT2D eigenvalue weighted by Crippen LogP contribution is 2.26. The first-order chi connectivity index (χ1) is 11.2. The first-order valence-corrected chi connectivity index (χ1v) is 9.55. The van der Waals surface area contributed by atoms with Crippen molar-refractivity contribution < 1.29 is 13.2 Å². The molecule has 0 saturated carbocycles. The number of amides is 1. The molecule has 0 bridgehead atoms. The lowest BCUT2D eigenvalue weighted by Gasteiger charge is -2.15. The quantitative estimate of drug-likeness (QED) is 0.870. The van der Waals surface area contributed by atoms with E-state index in [0.29, 0.717) is 0 Å². The molecule has 1 N–H and O–H groups in total. The summed E-state index contributed by atoms with van der Waals surface area (Å²) in [5.74, 6) is -0.344. The molecule has 0 unspecified atom stereocenters. The topological polar surface area (TPSA) is 63.2 Å². The van der Waals surface area contributed by atoms with E-state index in [0.717, 1.165) is 5.56 Å². The van der Waals surface area contributed by atoms with Gasteiger partial charge in [-0.3, -0.25) is 4.79 Å². The zero-order chi connectivity index (χ0) is 17.9. The third-order valence-corrected chi connectivity index (χ3v) is 6.40. The molecule has 0 aromatic heterocycles. The van der Waals surface area contributed by atoms with Gasteiger partial charge in [-0.1, -0.05) is 41.9 Å². The summed E-state index contributed by atoms with van der Waals surface area (Å²) < 4.78 is 24.7. The maximum atomic E-state index is 12.4. The van der Waals surface area contributed by atoms with E-state index < -0.39 is 15.1 Å². The highest BCUT2D eigenvalue weighted by Gasteiger charge is 2.24. The van der Waals surface area contributed by atoms with E-state index in [1.165, 1.54) is 18.2 Å². The molecule has 128 valence electrons. The van der Waals surface area contributed by atoms with Crippen molar-refractivity contribution >= 4 is 27.3 Å². The number of hydrogen-bond acceptors (Lipinski definition) is 3. The van der Waals surface area contributed by atoms with Crippen LogP contribution in [0.2, 0.25) is 5.02 Å². The van der Waals surface area contributed by atoms with Crippen LogP contribution in [0, 0.1) is 0 Å². The van der Waals surface area contributed by atoms with Gasteiger partial charge in [-0.25, -0.2) is 8.42 Å². The normalized spacial score (nSPS) is 12.9. The van der Waals surface area contributed by atoms with Crippen LogP contribution in [-0.4, -0.2) is 19.6 Å². The monoisotopic (exact) mass is 365 g/mol. The molecule has 0 aliphatic carbocycles. The molecular weight excluding hydrogens is 346 g/mol. The molecule has 0 fully saturated rings. The standard InChI is InChI=1S/C18H20ClNO3S/c1-12(2)24(22,23)17-11-15(9-10-16(17)19)18(21)20-13(3)14-7-5-4-6-8-14/h4-13H,1-3H3,(H,20,21)/t13-/m1/s1. The second kappa shape index (κ2) is 7.36. The predicted molar refractivity (Wildman–Crippen MR) is 96.1 cm³/mol. The Kier molecular flexibility index (Phi) is 5.67. The van der Waals surface area contributed by atoms with E-state index in [-0.39, 0.29) is 27.4 Å². The Hall–Kier alpha value is -1.85. The summed E-state index contributed by atoms with van der Waals surface area (Å²) in [6.07, 6.45) is 0. The van der Waals surface area contributed by atoms with Gasteiger partial charge in [-0.15, -0.1) is 0 Å². The Balaban J connectivity index is 2.28. The molecule has 0 aliphatic heterocycles. The van der Waals surface area contributed by atoms with Gasteiger partial charge in [0.05, 0.1) is 21.2 Å². The van der Waals surface area contributed by atoms with E-state index in [9.17, 15) is 13.2 Å². The van der Waals surface area contributed by atoms with Crippen LogP contribution in [0.25, 0.3) is 0 Å². The maximum absolute atomic E-state index is 12.4. The van der Waals surface area contributed by atoms with E-state index in [2.05, 4.69) is 5.32 Å². The number of halogens is 1. The zero-order valence-corrected chi connectivity index (χ0v) is 15.4. The Morgan fingerprint density at radius 3 is 2.25 bits per heavy atom. The van der Waals surface area contributed by atoms with Crippen LogP contribution in [0.4, 0.5) is 0 Å². The number of hydrogen-bond donors (Lipinski definition) is 1. The largest absolute Gasteiger partial charge is 0.346 e. The molecule has 0 radical (unpaired) electrons. The Morgan fingerprint density at radius 1 is 1.04 bits per heavy atom. The molecule has 2 rings (SSSR count). The molecule has 6 heteroatoms. The van der Waals surface area contributed by atoms with E-state index in [1.54, 1.807) is 13.8 Å². The summed E-state index contributed by atoms with van der Waals surface area (Å²) in [5.41, 5.74) is 1.23. The summed E-state index contributed by atoms with van der Waals surface area (Å²) in [6, 6.07) is 13.6. The fourth-order valence-electron chi connectivity index (χ4n) is 2.22. The van der Waals surface area contributed by atoms with Crippen LogP contribution >= 0.6 is 11.6 Å². The van der Waals surface area contributed by atoms with Gasteiger partial charge in [-0.05, 0) is 44.5 Å². The molecule has 24 heavy (non-hydrogen) atoms. The number of carbonyl (C=O) groups is 1. The molecule has 0 aliphatic rings. The van der Waals surface area contributed by atoms with Crippen LogP contribution in [-0.2, 0) is 9.84 Å². The third kappa shape index (κ3) is 3.97. The number of carbonyl (C=O) groups excluding carboxylic acids is 1. The average molecular weight is 366 g/mol. The third-order valence-electron chi connectivity index (χ3n) is 3.77. The second-order valence-corrected chi connectivity index (χ2v) is 8.72.